The van der Waals surface area contributed by atoms with Gasteiger partial charge in [0.1, 0.15) is 0 Å². The van der Waals surface area contributed by atoms with Crippen LogP contribution in [0.5, 0.6) is 0 Å². The highest BCUT2D eigenvalue weighted by atomic mass is 28.4. The van der Waals surface area contributed by atoms with Gasteiger partial charge in [-0.05, 0) is 66.3 Å². The Morgan fingerprint density at radius 1 is 0.784 bits per heavy atom. The van der Waals surface area contributed by atoms with Crippen LogP contribution in [-0.2, 0) is 19.3 Å². The summed E-state index contributed by atoms with van der Waals surface area (Å²) in [6.07, 6.45) is 11.8. The van der Waals surface area contributed by atoms with E-state index < -0.39 is 22.1 Å². The fraction of sp³-hybridized carbons (Fsp3) is 0.606. The van der Waals surface area contributed by atoms with Crippen molar-refractivity contribution in [3.8, 4) is 0 Å². The molecule has 4 heteroatoms. The SMILES string of the molecule is CCCCCC[C@H](C)c1cc(CCc2ccc(CCCC[Si](C)(C)C[Si](C)(C)C)cc2)ccc1C(=O)O. The first-order chi connectivity index (χ1) is 17.4. The summed E-state index contributed by atoms with van der Waals surface area (Å²) >= 11 is 0. The zero-order valence-electron chi connectivity index (χ0n) is 25.0. The second-order valence-corrected chi connectivity index (χ2v) is 24.8. The molecule has 2 aromatic rings. The summed E-state index contributed by atoms with van der Waals surface area (Å²) in [6, 6.07) is 16.7. The highest BCUT2D eigenvalue weighted by Crippen LogP contribution is 2.28. The molecule has 0 saturated heterocycles. The van der Waals surface area contributed by atoms with Crippen LogP contribution in [-0.4, -0.2) is 27.2 Å². The van der Waals surface area contributed by atoms with E-state index in [-0.39, 0.29) is 5.92 Å². The van der Waals surface area contributed by atoms with E-state index in [0.717, 1.165) is 24.8 Å². The van der Waals surface area contributed by atoms with E-state index in [1.165, 1.54) is 67.7 Å². The Balaban J connectivity index is 1.87. The first-order valence-electron chi connectivity index (χ1n) is 14.8. The Kier molecular flexibility index (Phi) is 12.9. The highest BCUT2D eigenvalue weighted by molar-refractivity contribution is 6.94. The smallest absolute Gasteiger partial charge is 0.335 e. The van der Waals surface area contributed by atoms with Gasteiger partial charge in [-0.15, -0.1) is 0 Å². The third-order valence-corrected chi connectivity index (χ3v) is 17.4. The number of benzene rings is 2. The van der Waals surface area contributed by atoms with Gasteiger partial charge in [-0.1, -0.05) is 127 Å². The molecule has 0 saturated carbocycles. The lowest BCUT2D eigenvalue weighted by molar-refractivity contribution is 0.0695. The van der Waals surface area contributed by atoms with Crippen molar-refractivity contribution in [3.05, 3.63) is 70.3 Å². The van der Waals surface area contributed by atoms with Gasteiger partial charge < -0.3 is 5.11 Å². The van der Waals surface area contributed by atoms with Gasteiger partial charge in [-0.25, -0.2) is 4.79 Å². The van der Waals surface area contributed by atoms with E-state index in [1.807, 2.05) is 12.1 Å². The molecule has 0 bridgehead atoms. The number of carboxylic acids is 1. The fourth-order valence-corrected chi connectivity index (χ4v) is 19.4. The molecule has 0 unspecified atom stereocenters. The molecule has 0 aliphatic carbocycles. The minimum atomic E-state index is -1.03. The van der Waals surface area contributed by atoms with Crippen LogP contribution in [0, 0.1) is 0 Å². The van der Waals surface area contributed by atoms with Crippen LogP contribution in [0.25, 0.3) is 0 Å². The third kappa shape index (κ3) is 12.2. The topological polar surface area (TPSA) is 37.3 Å². The Labute approximate surface area is 230 Å². The summed E-state index contributed by atoms with van der Waals surface area (Å²) in [6.45, 7) is 17.1. The lowest BCUT2D eigenvalue weighted by atomic mass is 9.88. The molecule has 0 amide bonds. The monoisotopic (exact) mass is 538 g/mol. The van der Waals surface area contributed by atoms with Gasteiger partial charge >= 0.3 is 5.97 Å². The molecular formula is C33H54O2Si2. The van der Waals surface area contributed by atoms with E-state index in [2.05, 4.69) is 76.9 Å². The van der Waals surface area contributed by atoms with Crippen molar-refractivity contribution < 1.29 is 9.90 Å². The minimum absolute atomic E-state index is 0.283. The molecule has 0 aliphatic heterocycles. The van der Waals surface area contributed by atoms with Gasteiger partial charge in [0.25, 0.3) is 0 Å². The minimum Gasteiger partial charge on any atom is -0.478 e. The zero-order valence-corrected chi connectivity index (χ0v) is 27.0. The van der Waals surface area contributed by atoms with Gasteiger partial charge in [0.15, 0.2) is 0 Å². The Morgan fingerprint density at radius 2 is 1.38 bits per heavy atom. The first kappa shape index (κ1) is 31.6. The molecule has 1 N–H and O–H groups in total. The largest absolute Gasteiger partial charge is 0.478 e. The molecule has 0 aromatic heterocycles. The average Bonchev–Trinajstić information content (AvgIpc) is 2.82. The summed E-state index contributed by atoms with van der Waals surface area (Å²) in [4.78, 5) is 11.8. The molecule has 0 radical (unpaired) electrons. The van der Waals surface area contributed by atoms with Crippen LogP contribution in [0.2, 0.25) is 44.4 Å². The van der Waals surface area contributed by atoms with E-state index in [1.54, 1.807) is 5.67 Å². The molecular weight excluding hydrogens is 485 g/mol. The van der Waals surface area contributed by atoms with Gasteiger partial charge in [0.05, 0.1) is 5.56 Å². The Hall–Kier alpha value is -1.66. The molecule has 0 aliphatic rings. The quantitative estimate of drug-likeness (QED) is 0.161. The van der Waals surface area contributed by atoms with Crippen LogP contribution in [0.4, 0.5) is 0 Å². The number of carbonyl (C=O) groups is 1. The molecule has 2 rings (SSSR count). The van der Waals surface area contributed by atoms with Crippen molar-refractivity contribution in [1.29, 1.82) is 0 Å². The maximum atomic E-state index is 11.8. The second kappa shape index (κ2) is 15.1. The molecule has 0 spiro atoms. The van der Waals surface area contributed by atoms with E-state index in [4.69, 9.17) is 0 Å². The molecule has 2 aromatic carbocycles. The summed E-state index contributed by atoms with van der Waals surface area (Å²) < 4.78 is 0. The molecule has 2 nitrogen and oxygen atoms in total. The molecule has 206 valence electrons. The fourth-order valence-electron chi connectivity index (χ4n) is 6.02. The van der Waals surface area contributed by atoms with Crippen molar-refractivity contribution in [3.63, 3.8) is 0 Å². The van der Waals surface area contributed by atoms with Crippen LogP contribution >= 0.6 is 0 Å². The predicted molar refractivity (Wildman–Crippen MR) is 168 cm³/mol. The van der Waals surface area contributed by atoms with Crippen molar-refractivity contribution in [2.75, 3.05) is 0 Å². The van der Waals surface area contributed by atoms with Crippen molar-refractivity contribution in [2.45, 2.75) is 128 Å². The normalized spacial score (nSPS) is 13.1. The van der Waals surface area contributed by atoms with Crippen molar-refractivity contribution in [2.24, 2.45) is 0 Å². The van der Waals surface area contributed by atoms with E-state index in [9.17, 15) is 9.90 Å². The van der Waals surface area contributed by atoms with Gasteiger partial charge in [-0.3, -0.25) is 0 Å². The molecule has 0 fully saturated rings. The number of rotatable bonds is 17. The summed E-state index contributed by atoms with van der Waals surface area (Å²) in [5.41, 5.74) is 7.10. The second-order valence-electron chi connectivity index (χ2n) is 13.4. The Bertz CT molecular complexity index is 957. The number of hydrogen-bond acceptors (Lipinski definition) is 1. The third-order valence-electron chi connectivity index (χ3n) is 7.67. The number of unbranched alkanes of at least 4 members (excludes halogenated alkanes) is 4. The van der Waals surface area contributed by atoms with Gasteiger partial charge in [-0.2, -0.15) is 0 Å². The lowest BCUT2D eigenvalue weighted by Gasteiger charge is -2.29. The summed E-state index contributed by atoms with van der Waals surface area (Å²) in [7, 11) is -1.98. The number of aromatic carboxylic acids is 1. The van der Waals surface area contributed by atoms with Crippen LogP contribution < -0.4 is 0 Å². The lowest BCUT2D eigenvalue weighted by Crippen LogP contribution is -2.37. The molecule has 37 heavy (non-hydrogen) atoms. The first-order valence-corrected chi connectivity index (χ1v) is 22.0. The van der Waals surface area contributed by atoms with Crippen LogP contribution in [0.1, 0.15) is 97.3 Å². The average molecular weight is 539 g/mol. The van der Waals surface area contributed by atoms with Crippen LogP contribution in [0.15, 0.2) is 42.5 Å². The maximum Gasteiger partial charge on any atom is 0.335 e. The van der Waals surface area contributed by atoms with Crippen molar-refractivity contribution >= 4 is 22.1 Å². The summed E-state index contributed by atoms with van der Waals surface area (Å²) in [5.74, 6) is -0.523. The van der Waals surface area contributed by atoms with Crippen LogP contribution in [0.3, 0.4) is 0 Å². The number of carboxylic acid groups (broad SMARTS) is 1. The Morgan fingerprint density at radius 3 is 1.97 bits per heavy atom. The number of aryl methyl sites for hydroxylation is 3. The predicted octanol–water partition coefficient (Wildman–Crippen LogP) is 10.2. The molecule has 0 heterocycles. The highest BCUT2D eigenvalue weighted by Gasteiger charge is 2.27. The standard InChI is InChI=1S/C33H54O2Si2/c1-8-9-10-11-14-27(2)32-25-30(22-23-31(32)33(34)35)21-20-29-18-16-28(17-19-29)15-12-13-24-37(6,7)26-36(3,4)5/h16-19,22-23,25,27H,8-15,20-21,24,26H2,1-7H3,(H,34,35)/t27-/m0/s1. The van der Waals surface area contributed by atoms with E-state index >= 15 is 0 Å². The summed E-state index contributed by atoms with van der Waals surface area (Å²) in [5, 5.41) is 9.71. The van der Waals surface area contributed by atoms with Gasteiger partial charge in [0, 0.05) is 16.1 Å². The number of hydrogen-bond donors (Lipinski definition) is 1. The molecule has 1 atom stereocenters. The van der Waals surface area contributed by atoms with Gasteiger partial charge in [0.2, 0.25) is 0 Å². The van der Waals surface area contributed by atoms with Crippen molar-refractivity contribution in [1.82, 2.24) is 0 Å². The maximum absolute atomic E-state index is 11.8. The van der Waals surface area contributed by atoms with E-state index in [0.29, 0.717) is 5.56 Å². The zero-order chi connectivity index (χ0) is 27.5.